The van der Waals surface area contributed by atoms with Crippen LogP contribution in [0.1, 0.15) is 27.0 Å². The molecule has 0 fully saturated rings. The van der Waals surface area contributed by atoms with Crippen LogP contribution < -0.4 is 5.32 Å². The number of nitrogens with zero attached hydrogens (tertiary/aromatic N) is 2. The third kappa shape index (κ3) is 3.65. The van der Waals surface area contributed by atoms with E-state index in [0.717, 1.165) is 22.0 Å². The lowest BCUT2D eigenvalue weighted by molar-refractivity contribution is 0.0952. The van der Waals surface area contributed by atoms with Crippen molar-refractivity contribution in [1.29, 1.82) is 5.26 Å². The zero-order chi connectivity index (χ0) is 19.3. The van der Waals surface area contributed by atoms with Crippen molar-refractivity contribution in [3.63, 3.8) is 0 Å². The Morgan fingerprint density at radius 1 is 0.929 bits per heavy atom. The summed E-state index contributed by atoms with van der Waals surface area (Å²) in [6, 6.07) is 27.5. The molecule has 1 aromatic heterocycles. The van der Waals surface area contributed by atoms with Gasteiger partial charge in [0.1, 0.15) is 0 Å². The number of fused-ring (bicyclic) bond motifs is 1. The van der Waals surface area contributed by atoms with Crippen LogP contribution in [0.5, 0.6) is 0 Å². The van der Waals surface area contributed by atoms with Crippen LogP contribution in [0, 0.1) is 11.3 Å². The fraction of sp³-hybridized carbons (Fsp3) is 0.0833. The molecule has 0 spiro atoms. The predicted molar refractivity (Wildman–Crippen MR) is 110 cm³/mol. The second kappa shape index (κ2) is 7.81. The molecule has 0 saturated carbocycles. The third-order valence-corrected chi connectivity index (χ3v) is 4.74. The third-order valence-electron chi connectivity index (χ3n) is 4.74. The van der Waals surface area contributed by atoms with Crippen molar-refractivity contribution in [1.82, 2.24) is 9.88 Å². The fourth-order valence-electron chi connectivity index (χ4n) is 3.37. The van der Waals surface area contributed by atoms with Gasteiger partial charge in [-0.25, -0.2) is 0 Å². The number of para-hydroxylation sites is 1. The van der Waals surface area contributed by atoms with E-state index in [1.807, 2.05) is 79.0 Å². The molecule has 0 saturated heterocycles. The maximum Gasteiger partial charge on any atom is 0.253 e. The lowest BCUT2D eigenvalue weighted by atomic mass is 10.1. The molecule has 136 valence electrons. The normalized spacial score (nSPS) is 10.5. The summed E-state index contributed by atoms with van der Waals surface area (Å²) in [4.78, 5) is 12.8. The summed E-state index contributed by atoms with van der Waals surface area (Å²) < 4.78 is 2.06. The number of amides is 1. The highest BCUT2D eigenvalue weighted by molar-refractivity contribution is 6.07. The maximum atomic E-state index is 12.8. The number of aromatic nitrogens is 1. The average molecular weight is 365 g/mol. The standard InChI is InChI=1S/C24H19N3O/c25-14-19-9-6-10-20(13-19)16-27-17-22(21-11-4-5-12-23(21)27)24(28)26-15-18-7-2-1-3-8-18/h1-13,17H,15-16H2,(H,26,28). The number of nitriles is 1. The monoisotopic (exact) mass is 365 g/mol. The van der Waals surface area contributed by atoms with Crippen molar-refractivity contribution in [2.75, 3.05) is 0 Å². The Morgan fingerprint density at radius 2 is 1.68 bits per heavy atom. The molecular weight excluding hydrogens is 346 g/mol. The van der Waals surface area contributed by atoms with Crippen molar-refractivity contribution in [3.05, 3.63) is 107 Å². The summed E-state index contributed by atoms with van der Waals surface area (Å²) in [7, 11) is 0. The molecule has 3 aromatic carbocycles. The van der Waals surface area contributed by atoms with E-state index < -0.39 is 0 Å². The van der Waals surface area contributed by atoms with E-state index in [0.29, 0.717) is 24.2 Å². The summed E-state index contributed by atoms with van der Waals surface area (Å²) in [6.45, 7) is 1.09. The first-order chi connectivity index (χ1) is 13.7. The van der Waals surface area contributed by atoms with Gasteiger partial charge in [0, 0.05) is 30.2 Å². The van der Waals surface area contributed by atoms with Gasteiger partial charge < -0.3 is 9.88 Å². The minimum Gasteiger partial charge on any atom is -0.348 e. The van der Waals surface area contributed by atoms with Gasteiger partial charge in [-0.1, -0.05) is 60.7 Å². The van der Waals surface area contributed by atoms with Gasteiger partial charge in [-0.2, -0.15) is 5.26 Å². The fourth-order valence-corrected chi connectivity index (χ4v) is 3.37. The van der Waals surface area contributed by atoms with Crippen LogP contribution in [-0.4, -0.2) is 10.5 Å². The first kappa shape index (κ1) is 17.6. The Morgan fingerprint density at radius 3 is 2.50 bits per heavy atom. The van der Waals surface area contributed by atoms with E-state index in [4.69, 9.17) is 5.26 Å². The van der Waals surface area contributed by atoms with E-state index in [-0.39, 0.29) is 5.91 Å². The molecule has 1 heterocycles. The number of carbonyl (C=O) groups excluding carboxylic acids is 1. The number of carbonyl (C=O) groups is 1. The number of hydrogen-bond donors (Lipinski definition) is 1. The van der Waals surface area contributed by atoms with Gasteiger partial charge in [0.2, 0.25) is 0 Å². The highest BCUT2D eigenvalue weighted by Gasteiger charge is 2.15. The van der Waals surface area contributed by atoms with E-state index in [9.17, 15) is 4.79 Å². The van der Waals surface area contributed by atoms with Crippen molar-refractivity contribution < 1.29 is 4.79 Å². The number of nitrogens with one attached hydrogen (secondary N) is 1. The van der Waals surface area contributed by atoms with Crippen LogP contribution in [0.4, 0.5) is 0 Å². The van der Waals surface area contributed by atoms with Crippen molar-refractivity contribution >= 4 is 16.8 Å². The van der Waals surface area contributed by atoms with E-state index in [1.54, 1.807) is 6.07 Å². The molecule has 4 heteroatoms. The van der Waals surface area contributed by atoms with Gasteiger partial charge in [-0.05, 0) is 29.3 Å². The van der Waals surface area contributed by atoms with Crippen molar-refractivity contribution in [2.45, 2.75) is 13.1 Å². The van der Waals surface area contributed by atoms with Crippen LogP contribution in [0.3, 0.4) is 0 Å². The molecule has 0 bridgehead atoms. The van der Waals surface area contributed by atoms with E-state index in [1.165, 1.54) is 0 Å². The largest absolute Gasteiger partial charge is 0.348 e. The lowest BCUT2D eigenvalue weighted by Crippen LogP contribution is -2.22. The smallest absolute Gasteiger partial charge is 0.253 e. The van der Waals surface area contributed by atoms with E-state index >= 15 is 0 Å². The topological polar surface area (TPSA) is 57.8 Å². The highest BCUT2D eigenvalue weighted by atomic mass is 16.1. The van der Waals surface area contributed by atoms with Crippen LogP contribution in [0.25, 0.3) is 10.9 Å². The summed E-state index contributed by atoms with van der Waals surface area (Å²) >= 11 is 0. The van der Waals surface area contributed by atoms with Crippen LogP contribution in [0.2, 0.25) is 0 Å². The summed E-state index contributed by atoms with van der Waals surface area (Å²) in [5, 5.41) is 13.0. The Balaban J connectivity index is 1.62. The predicted octanol–water partition coefficient (Wildman–Crippen LogP) is 4.49. The molecule has 0 atom stereocenters. The van der Waals surface area contributed by atoms with Crippen molar-refractivity contribution in [3.8, 4) is 6.07 Å². The Hall–Kier alpha value is -3.84. The van der Waals surface area contributed by atoms with Gasteiger partial charge in [0.25, 0.3) is 5.91 Å². The molecule has 1 amide bonds. The molecule has 0 unspecified atom stereocenters. The Bertz CT molecular complexity index is 1170. The number of rotatable bonds is 5. The molecular formula is C24H19N3O. The average Bonchev–Trinajstić information content (AvgIpc) is 3.11. The van der Waals surface area contributed by atoms with Crippen LogP contribution in [0.15, 0.2) is 85.1 Å². The zero-order valence-corrected chi connectivity index (χ0v) is 15.3. The SMILES string of the molecule is N#Cc1cccc(Cn2cc(C(=O)NCc3ccccc3)c3ccccc32)c1. The highest BCUT2D eigenvalue weighted by Crippen LogP contribution is 2.23. The van der Waals surface area contributed by atoms with Crippen LogP contribution in [-0.2, 0) is 13.1 Å². The molecule has 0 aliphatic heterocycles. The molecule has 4 aromatic rings. The molecule has 4 nitrogen and oxygen atoms in total. The second-order valence-electron chi connectivity index (χ2n) is 6.67. The van der Waals surface area contributed by atoms with Crippen LogP contribution >= 0.6 is 0 Å². The maximum absolute atomic E-state index is 12.8. The van der Waals surface area contributed by atoms with Crippen molar-refractivity contribution in [2.24, 2.45) is 0 Å². The van der Waals surface area contributed by atoms with Gasteiger partial charge in [0.15, 0.2) is 0 Å². The first-order valence-electron chi connectivity index (χ1n) is 9.13. The molecule has 0 aliphatic carbocycles. The minimum atomic E-state index is -0.0930. The minimum absolute atomic E-state index is 0.0930. The Labute approximate surface area is 163 Å². The first-order valence-corrected chi connectivity index (χ1v) is 9.13. The molecule has 28 heavy (non-hydrogen) atoms. The van der Waals surface area contributed by atoms with Gasteiger partial charge >= 0.3 is 0 Å². The number of hydrogen-bond acceptors (Lipinski definition) is 2. The zero-order valence-electron chi connectivity index (χ0n) is 15.3. The van der Waals surface area contributed by atoms with Gasteiger partial charge in [-0.15, -0.1) is 0 Å². The molecule has 1 N–H and O–H groups in total. The number of benzene rings is 3. The molecule has 4 rings (SSSR count). The summed E-state index contributed by atoms with van der Waals surface area (Å²) in [6.07, 6.45) is 1.89. The second-order valence-corrected chi connectivity index (χ2v) is 6.67. The van der Waals surface area contributed by atoms with Gasteiger partial charge in [-0.3, -0.25) is 4.79 Å². The quantitative estimate of drug-likeness (QED) is 0.566. The van der Waals surface area contributed by atoms with Gasteiger partial charge in [0.05, 0.1) is 17.2 Å². The lowest BCUT2D eigenvalue weighted by Gasteiger charge is -2.06. The summed E-state index contributed by atoms with van der Waals surface area (Å²) in [5.41, 5.74) is 4.37. The Kier molecular flexibility index (Phi) is 4.90. The molecule has 0 radical (unpaired) electrons. The van der Waals surface area contributed by atoms with E-state index in [2.05, 4.69) is 16.0 Å². The molecule has 0 aliphatic rings. The summed E-state index contributed by atoms with van der Waals surface area (Å²) in [5.74, 6) is -0.0930.